The first kappa shape index (κ1) is 21.8. The van der Waals surface area contributed by atoms with E-state index >= 15 is 0 Å². The molecule has 1 unspecified atom stereocenters. The summed E-state index contributed by atoms with van der Waals surface area (Å²) < 4.78 is 0. The Bertz CT molecular complexity index is 838. The van der Waals surface area contributed by atoms with Crippen molar-refractivity contribution in [1.29, 1.82) is 0 Å². The fourth-order valence-electron chi connectivity index (χ4n) is 7.26. The van der Waals surface area contributed by atoms with E-state index in [-0.39, 0.29) is 23.3 Å². The van der Waals surface area contributed by atoms with Crippen molar-refractivity contribution in [2.75, 3.05) is 23.3 Å². The molecule has 4 bridgehead atoms. The lowest BCUT2D eigenvalue weighted by Gasteiger charge is -2.55. The highest BCUT2D eigenvalue weighted by atomic mass is 16.2. The first-order chi connectivity index (χ1) is 15.5. The molecular formula is C27H39N3O2. The molecule has 1 aliphatic heterocycles. The normalized spacial score (nSPS) is 31.9. The second-order valence-corrected chi connectivity index (χ2v) is 11.2. The van der Waals surface area contributed by atoms with Crippen molar-refractivity contribution < 1.29 is 9.59 Å². The molecule has 2 N–H and O–H groups in total. The highest BCUT2D eigenvalue weighted by Crippen LogP contribution is 2.60. The molecule has 2 amide bonds. The van der Waals surface area contributed by atoms with E-state index in [1.165, 1.54) is 25.7 Å². The summed E-state index contributed by atoms with van der Waals surface area (Å²) in [5.74, 6) is 2.38. The zero-order valence-electron chi connectivity index (χ0n) is 19.8. The molecule has 5 fully saturated rings. The number of nitrogens with zero attached hydrogens (tertiary/aromatic N) is 1. The van der Waals surface area contributed by atoms with Crippen LogP contribution in [0.1, 0.15) is 88.4 Å². The van der Waals surface area contributed by atoms with Gasteiger partial charge in [0, 0.05) is 30.5 Å². The summed E-state index contributed by atoms with van der Waals surface area (Å²) in [7, 11) is 0. The number of piperidine rings is 1. The van der Waals surface area contributed by atoms with Crippen LogP contribution in [0.2, 0.25) is 0 Å². The average molecular weight is 438 g/mol. The average Bonchev–Trinajstić information content (AvgIpc) is 2.78. The van der Waals surface area contributed by atoms with Crippen LogP contribution in [0.4, 0.5) is 11.4 Å². The van der Waals surface area contributed by atoms with Crippen LogP contribution < -0.4 is 15.5 Å². The smallest absolute Gasteiger partial charge is 0.253 e. The van der Waals surface area contributed by atoms with Gasteiger partial charge in [0.05, 0.1) is 11.0 Å². The Morgan fingerprint density at radius 3 is 2.25 bits per heavy atom. The molecule has 1 saturated heterocycles. The van der Waals surface area contributed by atoms with Crippen LogP contribution in [-0.4, -0.2) is 30.9 Å². The quantitative estimate of drug-likeness (QED) is 0.630. The summed E-state index contributed by atoms with van der Waals surface area (Å²) in [6, 6.07) is 6.09. The molecule has 6 rings (SSSR count). The number of nitrogens with one attached hydrogen (secondary N) is 2. The van der Waals surface area contributed by atoms with Gasteiger partial charge in [0.25, 0.3) is 5.91 Å². The first-order valence-corrected chi connectivity index (χ1v) is 13.0. The molecule has 4 saturated carbocycles. The number of hydrogen-bond acceptors (Lipinski definition) is 3. The number of carbonyl (C=O) groups is 2. The van der Waals surface area contributed by atoms with Crippen molar-refractivity contribution >= 4 is 23.2 Å². The lowest BCUT2D eigenvalue weighted by molar-refractivity contribution is -0.140. The van der Waals surface area contributed by atoms with Crippen LogP contribution in [0.3, 0.4) is 0 Å². The van der Waals surface area contributed by atoms with Crippen molar-refractivity contribution in [2.24, 2.45) is 23.2 Å². The molecule has 32 heavy (non-hydrogen) atoms. The molecule has 174 valence electrons. The fraction of sp³-hybridized carbons (Fsp3) is 0.704. The zero-order chi connectivity index (χ0) is 22.3. The second-order valence-electron chi connectivity index (χ2n) is 11.2. The molecule has 1 heterocycles. The number of hydrogen-bond donors (Lipinski definition) is 2. The molecule has 5 heteroatoms. The third-order valence-corrected chi connectivity index (χ3v) is 8.71. The van der Waals surface area contributed by atoms with Gasteiger partial charge in [-0.15, -0.1) is 0 Å². The van der Waals surface area contributed by atoms with Gasteiger partial charge in [0.15, 0.2) is 0 Å². The summed E-state index contributed by atoms with van der Waals surface area (Å²) in [5, 5.41) is 6.39. The lowest BCUT2D eigenvalue weighted by atomic mass is 9.49. The van der Waals surface area contributed by atoms with Crippen LogP contribution in [0.5, 0.6) is 0 Å². The standard InChI is InChI=1S/C27H39N3O2/c1-3-18(2)28-25(31)23-14-22(7-8-24(23)30-9-5-4-6-10-30)29-26(32)27-15-19-11-20(16-27)13-21(12-19)17-27/h7-8,14,18-21H,3-6,9-13,15-17H2,1-2H3,(H,28,31)(H,29,32). The summed E-state index contributed by atoms with van der Waals surface area (Å²) in [5.41, 5.74) is 2.27. The number of amides is 2. The molecule has 1 aromatic carbocycles. The van der Waals surface area contributed by atoms with Crippen molar-refractivity contribution in [3.8, 4) is 0 Å². The third kappa shape index (κ3) is 4.15. The Morgan fingerprint density at radius 1 is 1.03 bits per heavy atom. The Morgan fingerprint density at radius 2 is 1.66 bits per heavy atom. The maximum atomic E-state index is 13.5. The topological polar surface area (TPSA) is 61.4 Å². The van der Waals surface area contributed by atoms with E-state index in [0.29, 0.717) is 5.56 Å². The van der Waals surface area contributed by atoms with E-state index in [4.69, 9.17) is 0 Å². The highest BCUT2D eigenvalue weighted by Gasteiger charge is 2.54. The van der Waals surface area contributed by atoms with Crippen molar-refractivity contribution in [3.05, 3.63) is 23.8 Å². The Hall–Kier alpha value is -2.04. The minimum Gasteiger partial charge on any atom is -0.371 e. The van der Waals surface area contributed by atoms with Crippen molar-refractivity contribution in [2.45, 2.75) is 84.1 Å². The third-order valence-electron chi connectivity index (χ3n) is 8.71. The monoisotopic (exact) mass is 437 g/mol. The molecule has 1 atom stereocenters. The van der Waals surface area contributed by atoms with Gasteiger partial charge in [0.2, 0.25) is 5.91 Å². The number of rotatable bonds is 6. The molecule has 1 aromatic rings. The van der Waals surface area contributed by atoms with Crippen LogP contribution in [-0.2, 0) is 4.79 Å². The Balaban J connectivity index is 1.38. The molecule has 4 aliphatic carbocycles. The lowest BCUT2D eigenvalue weighted by Crippen LogP contribution is -2.51. The molecule has 5 aliphatic rings. The first-order valence-electron chi connectivity index (χ1n) is 13.0. The maximum Gasteiger partial charge on any atom is 0.253 e. The van der Waals surface area contributed by atoms with Crippen molar-refractivity contribution in [1.82, 2.24) is 5.32 Å². The SMILES string of the molecule is CCC(C)NC(=O)c1cc(NC(=O)C23CC4CC(CC(C4)C2)C3)ccc1N1CCCCC1. The van der Waals surface area contributed by atoms with Crippen molar-refractivity contribution in [3.63, 3.8) is 0 Å². The number of benzene rings is 1. The Labute approximate surface area is 192 Å². The molecule has 0 radical (unpaired) electrons. The van der Waals surface area contributed by atoms with Crippen LogP contribution in [0.15, 0.2) is 18.2 Å². The summed E-state index contributed by atoms with van der Waals surface area (Å²) in [4.78, 5) is 29.1. The van der Waals surface area contributed by atoms with E-state index in [0.717, 1.165) is 80.7 Å². The van der Waals surface area contributed by atoms with Gasteiger partial charge in [-0.3, -0.25) is 9.59 Å². The molecule has 0 spiro atoms. The predicted octanol–water partition coefficient (Wildman–Crippen LogP) is 5.36. The molecule has 5 nitrogen and oxygen atoms in total. The second kappa shape index (κ2) is 8.72. The van der Waals surface area contributed by atoms with Gasteiger partial charge < -0.3 is 15.5 Å². The van der Waals surface area contributed by atoms with E-state index < -0.39 is 0 Å². The van der Waals surface area contributed by atoms with Crippen LogP contribution in [0.25, 0.3) is 0 Å². The van der Waals surface area contributed by atoms with Gasteiger partial charge in [-0.05, 0) is 107 Å². The van der Waals surface area contributed by atoms with Gasteiger partial charge in [-0.1, -0.05) is 6.92 Å². The van der Waals surface area contributed by atoms with Gasteiger partial charge >= 0.3 is 0 Å². The summed E-state index contributed by atoms with van der Waals surface area (Å²) in [6.45, 7) is 6.10. The van der Waals surface area contributed by atoms with E-state index in [1.54, 1.807) is 0 Å². The van der Waals surface area contributed by atoms with Gasteiger partial charge in [-0.2, -0.15) is 0 Å². The minimum absolute atomic E-state index is 0.0363. The van der Waals surface area contributed by atoms with Crippen LogP contribution in [0, 0.1) is 23.2 Å². The van der Waals surface area contributed by atoms with Gasteiger partial charge in [0.1, 0.15) is 0 Å². The van der Waals surface area contributed by atoms with Gasteiger partial charge in [-0.25, -0.2) is 0 Å². The fourth-order valence-corrected chi connectivity index (χ4v) is 7.26. The van der Waals surface area contributed by atoms with E-state index in [2.05, 4.69) is 22.5 Å². The highest BCUT2D eigenvalue weighted by molar-refractivity contribution is 6.03. The Kier molecular flexibility index (Phi) is 5.94. The number of carbonyl (C=O) groups excluding carboxylic acids is 2. The summed E-state index contributed by atoms with van der Waals surface area (Å²) >= 11 is 0. The van der Waals surface area contributed by atoms with E-state index in [9.17, 15) is 9.59 Å². The van der Waals surface area contributed by atoms with E-state index in [1.807, 2.05) is 25.1 Å². The zero-order valence-corrected chi connectivity index (χ0v) is 19.8. The maximum absolute atomic E-state index is 13.5. The predicted molar refractivity (Wildman–Crippen MR) is 129 cm³/mol. The molecule has 0 aromatic heterocycles. The largest absolute Gasteiger partial charge is 0.371 e. The molecular weight excluding hydrogens is 398 g/mol. The number of anilines is 2. The minimum atomic E-state index is -0.181. The van der Waals surface area contributed by atoms with Crippen LogP contribution >= 0.6 is 0 Å². The summed E-state index contributed by atoms with van der Waals surface area (Å²) in [6.07, 6.45) is 11.6.